The summed E-state index contributed by atoms with van der Waals surface area (Å²) in [4.78, 5) is 0.00931. The topological polar surface area (TPSA) is 43.4 Å². The van der Waals surface area contributed by atoms with E-state index in [1.807, 2.05) is 0 Å². The number of hydrogen-bond acceptors (Lipinski definition) is 3. The van der Waals surface area contributed by atoms with E-state index in [0.29, 0.717) is 11.3 Å². The summed E-state index contributed by atoms with van der Waals surface area (Å²) in [5.74, 6) is -0.0794. The van der Waals surface area contributed by atoms with Crippen LogP contribution in [0.4, 0.5) is 4.39 Å². The van der Waals surface area contributed by atoms with Crippen LogP contribution in [0.25, 0.3) is 0 Å². The Morgan fingerprint density at radius 2 is 1.84 bits per heavy atom. The van der Waals surface area contributed by atoms with Gasteiger partial charge in [0.05, 0.1) is 4.90 Å². The Bertz CT molecular complexity index is 714. The molecule has 0 aliphatic heterocycles. The van der Waals surface area contributed by atoms with Crippen LogP contribution in [0, 0.1) is 12.7 Å². The van der Waals surface area contributed by atoms with Crippen molar-refractivity contribution in [2.24, 2.45) is 0 Å². The van der Waals surface area contributed by atoms with Gasteiger partial charge in [-0.15, -0.1) is 0 Å². The number of para-hydroxylation sites is 1. The molecule has 0 unspecified atom stereocenters. The molecule has 0 amide bonds. The number of aryl methyl sites for hydroxylation is 1. The zero-order valence-corrected chi connectivity index (χ0v) is 11.5. The van der Waals surface area contributed by atoms with Crippen LogP contribution in [-0.2, 0) is 9.05 Å². The Labute approximate surface area is 115 Å². The van der Waals surface area contributed by atoms with Crippen LogP contribution in [0.5, 0.6) is 11.5 Å². The fraction of sp³-hybridized carbons (Fsp3) is 0.0769. The molecule has 0 aromatic heterocycles. The van der Waals surface area contributed by atoms with E-state index in [-0.39, 0.29) is 10.6 Å². The van der Waals surface area contributed by atoms with Crippen molar-refractivity contribution >= 4 is 19.7 Å². The number of halogens is 2. The van der Waals surface area contributed by atoms with Crippen molar-refractivity contribution in [3.8, 4) is 11.5 Å². The van der Waals surface area contributed by atoms with Gasteiger partial charge in [0.2, 0.25) is 0 Å². The van der Waals surface area contributed by atoms with Gasteiger partial charge in [-0.1, -0.05) is 12.1 Å². The van der Waals surface area contributed by atoms with Gasteiger partial charge in [-0.05, 0) is 42.8 Å². The second-order valence-electron chi connectivity index (χ2n) is 3.90. The quantitative estimate of drug-likeness (QED) is 0.809. The number of ether oxygens (including phenoxy) is 1. The minimum atomic E-state index is -3.79. The third-order valence-corrected chi connectivity index (χ3v) is 3.96. The Hall–Kier alpha value is -1.59. The molecule has 0 N–H and O–H groups in total. The normalized spacial score (nSPS) is 11.3. The first-order valence-electron chi connectivity index (χ1n) is 5.35. The monoisotopic (exact) mass is 300 g/mol. The zero-order chi connectivity index (χ0) is 14.0. The molecule has 0 spiro atoms. The average molecular weight is 301 g/mol. The van der Waals surface area contributed by atoms with Crippen molar-refractivity contribution < 1.29 is 17.5 Å². The van der Waals surface area contributed by atoms with E-state index in [1.54, 1.807) is 19.1 Å². The zero-order valence-electron chi connectivity index (χ0n) is 9.93. The molecular weight excluding hydrogens is 291 g/mol. The fourth-order valence-electron chi connectivity index (χ4n) is 1.61. The molecule has 0 saturated carbocycles. The molecule has 0 saturated heterocycles. The van der Waals surface area contributed by atoms with Crippen LogP contribution in [0.3, 0.4) is 0 Å². The lowest BCUT2D eigenvalue weighted by Gasteiger charge is -2.08. The third-order valence-electron chi connectivity index (χ3n) is 2.47. The minimum Gasteiger partial charge on any atom is -0.454 e. The van der Waals surface area contributed by atoms with Crippen LogP contribution in [0.1, 0.15) is 5.56 Å². The van der Waals surface area contributed by atoms with E-state index in [2.05, 4.69) is 0 Å². The van der Waals surface area contributed by atoms with Crippen LogP contribution in [-0.4, -0.2) is 8.42 Å². The summed E-state index contributed by atoms with van der Waals surface area (Å²) in [6, 6.07) is 10.2. The summed E-state index contributed by atoms with van der Waals surface area (Å²) in [5.41, 5.74) is 0.434. The van der Waals surface area contributed by atoms with E-state index >= 15 is 0 Å². The largest absolute Gasteiger partial charge is 0.454 e. The lowest BCUT2D eigenvalue weighted by atomic mass is 10.2. The second-order valence-corrected chi connectivity index (χ2v) is 6.43. The molecule has 19 heavy (non-hydrogen) atoms. The van der Waals surface area contributed by atoms with Gasteiger partial charge in [0, 0.05) is 10.7 Å². The van der Waals surface area contributed by atoms with E-state index in [1.165, 1.54) is 30.3 Å². The molecule has 6 heteroatoms. The lowest BCUT2D eigenvalue weighted by Crippen LogP contribution is -1.95. The molecule has 0 heterocycles. The SMILES string of the molecule is Cc1cc(Oc2ccccc2F)ccc1S(=O)(=O)Cl. The van der Waals surface area contributed by atoms with Gasteiger partial charge in [0.25, 0.3) is 9.05 Å². The molecule has 0 bridgehead atoms. The summed E-state index contributed by atoms with van der Waals surface area (Å²) in [6.07, 6.45) is 0. The molecule has 0 fully saturated rings. The summed E-state index contributed by atoms with van der Waals surface area (Å²) < 4.78 is 41.2. The Morgan fingerprint density at radius 1 is 1.16 bits per heavy atom. The van der Waals surface area contributed by atoms with Crippen LogP contribution >= 0.6 is 10.7 Å². The molecule has 2 aromatic rings. The summed E-state index contributed by atoms with van der Waals surface area (Å²) >= 11 is 0. The predicted octanol–water partition coefficient (Wildman–Crippen LogP) is 3.85. The number of hydrogen-bond donors (Lipinski definition) is 0. The fourth-order valence-corrected chi connectivity index (χ4v) is 2.81. The molecule has 0 radical (unpaired) electrons. The molecule has 3 nitrogen and oxygen atoms in total. The Kier molecular flexibility index (Phi) is 3.78. The van der Waals surface area contributed by atoms with Gasteiger partial charge in [-0.3, -0.25) is 0 Å². The van der Waals surface area contributed by atoms with E-state index in [0.717, 1.165) is 0 Å². The molecule has 100 valence electrons. The van der Waals surface area contributed by atoms with E-state index < -0.39 is 14.9 Å². The highest BCUT2D eigenvalue weighted by Crippen LogP contribution is 2.28. The van der Waals surface area contributed by atoms with E-state index in [4.69, 9.17) is 15.4 Å². The summed E-state index contributed by atoms with van der Waals surface area (Å²) in [6.45, 7) is 1.59. The van der Waals surface area contributed by atoms with Crippen molar-refractivity contribution in [1.82, 2.24) is 0 Å². The van der Waals surface area contributed by atoms with Crippen molar-refractivity contribution in [3.05, 3.63) is 53.8 Å². The lowest BCUT2D eigenvalue weighted by molar-refractivity contribution is 0.441. The van der Waals surface area contributed by atoms with Crippen molar-refractivity contribution in [2.45, 2.75) is 11.8 Å². The molecule has 2 aromatic carbocycles. The first kappa shape index (κ1) is 13.8. The van der Waals surface area contributed by atoms with Gasteiger partial charge in [0.1, 0.15) is 5.75 Å². The van der Waals surface area contributed by atoms with Gasteiger partial charge in [-0.25, -0.2) is 12.8 Å². The number of rotatable bonds is 3. The Balaban J connectivity index is 2.34. The van der Waals surface area contributed by atoms with Gasteiger partial charge in [-0.2, -0.15) is 0 Å². The van der Waals surface area contributed by atoms with Gasteiger partial charge < -0.3 is 4.74 Å². The third kappa shape index (κ3) is 3.24. The maximum Gasteiger partial charge on any atom is 0.261 e. The van der Waals surface area contributed by atoms with Crippen molar-refractivity contribution in [1.29, 1.82) is 0 Å². The molecule has 0 atom stereocenters. The van der Waals surface area contributed by atoms with Gasteiger partial charge >= 0.3 is 0 Å². The number of benzene rings is 2. The first-order valence-corrected chi connectivity index (χ1v) is 7.66. The molecule has 0 aliphatic rings. The minimum absolute atomic E-state index is 0.00931. The maximum absolute atomic E-state index is 13.4. The molecule has 2 rings (SSSR count). The highest BCUT2D eigenvalue weighted by Gasteiger charge is 2.14. The summed E-state index contributed by atoms with van der Waals surface area (Å²) in [7, 11) is 1.48. The van der Waals surface area contributed by atoms with Crippen molar-refractivity contribution in [2.75, 3.05) is 0 Å². The molecular formula is C13H10ClFO3S. The molecule has 0 aliphatic carbocycles. The first-order chi connectivity index (χ1) is 8.88. The predicted molar refractivity (Wildman–Crippen MR) is 70.7 cm³/mol. The second kappa shape index (κ2) is 5.19. The smallest absolute Gasteiger partial charge is 0.261 e. The Morgan fingerprint density at radius 3 is 2.42 bits per heavy atom. The summed E-state index contributed by atoms with van der Waals surface area (Å²) in [5, 5.41) is 0. The standard InChI is InChI=1S/C13H10ClFO3S/c1-9-8-10(6-7-13(9)19(14,16)17)18-12-5-3-2-4-11(12)15/h2-8H,1H3. The highest BCUT2D eigenvalue weighted by atomic mass is 35.7. The van der Waals surface area contributed by atoms with Gasteiger partial charge in [0.15, 0.2) is 11.6 Å². The van der Waals surface area contributed by atoms with Crippen molar-refractivity contribution in [3.63, 3.8) is 0 Å². The van der Waals surface area contributed by atoms with Crippen LogP contribution < -0.4 is 4.74 Å². The highest BCUT2D eigenvalue weighted by molar-refractivity contribution is 8.13. The van der Waals surface area contributed by atoms with Crippen LogP contribution in [0.2, 0.25) is 0 Å². The average Bonchev–Trinajstić information content (AvgIpc) is 2.30. The van der Waals surface area contributed by atoms with Crippen LogP contribution in [0.15, 0.2) is 47.4 Å². The maximum atomic E-state index is 13.4. The van der Waals surface area contributed by atoms with E-state index in [9.17, 15) is 12.8 Å².